The van der Waals surface area contributed by atoms with Gasteiger partial charge in [0.05, 0.1) is 17.3 Å². The normalized spacial score (nSPS) is 47.3. The van der Waals surface area contributed by atoms with E-state index in [-0.39, 0.29) is 18.3 Å². The molecule has 0 aromatic carbocycles. The fraction of sp³-hybridized carbons (Fsp3) is 0.800. The Labute approximate surface area is 122 Å². The minimum atomic E-state index is -1.07. The highest BCUT2D eigenvalue weighted by Gasteiger charge is 2.71. The molecule has 6 nitrogen and oxygen atoms in total. The summed E-state index contributed by atoms with van der Waals surface area (Å²) in [6.45, 7) is 1.93. The average Bonchev–Trinajstić information content (AvgIpc) is 2.22. The summed E-state index contributed by atoms with van der Waals surface area (Å²) < 4.78 is 0. The summed E-state index contributed by atoms with van der Waals surface area (Å²) in [5.74, 6) is -2.90. The van der Waals surface area contributed by atoms with E-state index in [2.05, 4.69) is 0 Å². The van der Waals surface area contributed by atoms with Crippen LogP contribution in [0.1, 0.15) is 51.9 Å². The van der Waals surface area contributed by atoms with E-state index in [4.69, 9.17) is 0 Å². The average molecular weight is 296 g/mol. The molecule has 0 amide bonds. The van der Waals surface area contributed by atoms with E-state index in [1.165, 1.54) is 0 Å². The molecular formula is C15H20O6. The summed E-state index contributed by atoms with van der Waals surface area (Å²) in [5, 5.41) is 28.6. The summed E-state index contributed by atoms with van der Waals surface area (Å²) in [7, 11) is 0. The molecule has 4 aliphatic carbocycles. The zero-order valence-corrected chi connectivity index (χ0v) is 12.0. The van der Waals surface area contributed by atoms with Crippen molar-refractivity contribution in [1.82, 2.24) is 0 Å². The first-order valence-electron chi connectivity index (χ1n) is 7.23. The molecule has 2 unspecified atom stereocenters. The Morgan fingerprint density at radius 3 is 1.67 bits per heavy atom. The van der Waals surface area contributed by atoms with E-state index in [0.717, 1.165) is 0 Å². The molecule has 3 N–H and O–H groups in total. The topological polar surface area (TPSA) is 112 Å². The van der Waals surface area contributed by atoms with Gasteiger partial charge in [-0.25, -0.2) is 0 Å². The molecule has 0 spiro atoms. The number of carbonyl (C=O) groups is 3. The molecule has 0 aromatic heterocycles. The van der Waals surface area contributed by atoms with Gasteiger partial charge in [0, 0.05) is 0 Å². The van der Waals surface area contributed by atoms with Crippen molar-refractivity contribution >= 4 is 17.9 Å². The lowest BCUT2D eigenvalue weighted by Crippen LogP contribution is -2.64. The SMILES string of the molecule is CC12CC3(CC(=O)O)CC(C(=O)O)(C1)CC(C(=O)O)(C2)C3. The molecule has 0 heterocycles. The van der Waals surface area contributed by atoms with Crippen LogP contribution in [0.2, 0.25) is 0 Å². The molecule has 0 saturated heterocycles. The first-order valence-corrected chi connectivity index (χ1v) is 7.23. The van der Waals surface area contributed by atoms with Crippen LogP contribution in [0.25, 0.3) is 0 Å². The lowest BCUT2D eigenvalue weighted by molar-refractivity contribution is -0.221. The third-order valence-corrected chi connectivity index (χ3v) is 5.87. The first kappa shape index (κ1) is 14.4. The van der Waals surface area contributed by atoms with Crippen molar-refractivity contribution in [1.29, 1.82) is 0 Å². The molecule has 4 bridgehead atoms. The van der Waals surface area contributed by atoms with Crippen molar-refractivity contribution in [3.63, 3.8) is 0 Å². The number of carboxylic acids is 3. The zero-order chi connectivity index (χ0) is 15.7. The van der Waals surface area contributed by atoms with Crippen LogP contribution in [0.3, 0.4) is 0 Å². The van der Waals surface area contributed by atoms with Crippen LogP contribution >= 0.6 is 0 Å². The molecule has 0 radical (unpaired) electrons. The lowest BCUT2D eigenvalue weighted by Gasteiger charge is -2.67. The predicted octanol–water partition coefficient (Wildman–Crippen LogP) is 1.98. The number of rotatable bonds is 4. The summed E-state index contributed by atoms with van der Waals surface area (Å²) in [6, 6.07) is 0. The second kappa shape index (κ2) is 3.78. The van der Waals surface area contributed by atoms with E-state index in [1.54, 1.807) is 0 Å². The molecular weight excluding hydrogens is 276 g/mol. The van der Waals surface area contributed by atoms with Crippen LogP contribution < -0.4 is 0 Å². The minimum absolute atomic E-state index is 0.132. The molecule has 4 fully saturated rings. The second-order valence-corrected chi connectivity index (χ2v) is 8.11. The van der Waals surface area contributed by atoms with Crippen molar-refractivity contribution < 1.29 is 29.7 Å². The van der Waals surface area contributed by atoms with E-state index >= 15 is 0 Å². The highest BCUT2D eigenvalue weighted by Crippen LogP contribution is 2.74. The Bertz CT molecular complexity index is 520. The Balaban J connectivity index is 2.13. The predicted molar refractivity (Wildman–Crippen MR) is 70.6 cm³/mol. The van der Waals surface area contributed by atoms with Crippen molar-refractivity contribution in [2.24, 2.45) is 21.7 Å². The first-order chi connectivity index (χ1) is 9.55. The van der Waals surface area contributed by atoms with Gasteiger partial charge in [0.1, 0.15) is 0 Å². The maximum atomic E-state index is 11.8. The van der Waals surface area contributed by atoms with Crippen molar-refractivity contribution in [3.8, 4) is 0 Å². The highest BCUT2D eigenvalue weighted by molar-refractivity contribution is 5.82. The Morgan fingerprint density at radius 2 is 1.29 bits per heavy atom. The monoisotopic (exact) mass is 296 g/mol. The summed E-state index contributed by atoms with van der Waals surface area (Å²) in [4.78, 5) is 34.9. The minimum Gasteiger partial charge on any atom is -0.481 e. The standard InChI is InChI=1S/C15H20O6/c1-12-3-13(2-9(16)17)6-14(4-12,10(18)19)8-15(5-12,7-13)11(20)21/h2-8H2,1H3,(H,16,17)(H,18,19)(H,20,21). The van der Waals surface area contributed by atoms with E-state index in [1.807, 2.05) is 6.92 Å². The van der Waals surface area contributed by atoms with Gasteiger partial charge in [-0.1, -0.05) is 6.92 Å². The molecule has 4 rings (SSSR count). The van der Waals surface area contributed by atoms with Crippen molar-refractivity contribution in [3.05, 3.63) is 0 Å². The van der Waals surface area contributed by atoms with Crippen LogP contribution in [0.5, 0.6) is 0 Å². The zero-order valence-electron chi connectivity index (χ0n) is 12.0. The van der Waals surface area contributed by atoms with Gasteiger partial charge >= 0.3 is 17.9 Å². The van der Waals surface area contributed by atoms with Gasteiger partial charge < -0.3 is 15.3 Å². The van der Waals surface area contributed by atoms with Crippen molar-refractivity contribution in [2.45, 2.75) is 51.9 Å². The van der Waals surface area contributed by atoms with Crippen LogP contribution in [0, 0.1) is 21.7 Å². The fourth-order valence-electron chi connectivity index (χ4n) is 6.33. The maximum Gasteiger partial charge on any atom is 0.309 e. The molecule has 4 saturated carbocycles. The van der Waals surface area contributed by atoms with Gasteiger partial charge in [-0.3, -0.25) is 14.4 Å². The van der Waals surface area contributed by atoms with Crippen LogP contribution in [0.15, 0.2) is 0 Å². The Kier molecular flexibility index (Phi) is 2.58. The summed E-state index contributed by atoms with van der Waals surface area (Å²) in [5.41, 5.74) is -3.22. The smallest absolute Gasteiger partial charge is 0.309 e. The number of hydrogen-bond acceptors (Lipinski definition) is 3. The molecule has 4 aliphatic rings. The molecule has 0 aromatic rings. The quantitative estimate of drug-likeness (QED) is 0.731. The molecule has 21 heavy (non-hydrogen) atoms. The number of carboxylic acid groups (broad SMARTS) is 3. The third-order valence-electron chi connectivity index (χ3n) is 5.87. The summed E-state index contributed by atoms with van der Waals surface area (Å²) in [6.07, 6.45) is 2.15. The van der Waals surface area contributed by atoms with Crippen LogP contribution in [-0.2, 0) is 14.4 Å². The van der Waals surface area contributed by atoms with Gasteiger partial charge in [-0.05, 0) is 49.4 Å². The van der Waals surface area contributed by atoms with Gasteiger partial charge in [-0.15, -0.1) is 0 Å². The van der Waals surface area contributed by atoms with Crippen LogP contribution in [0.4, 0.5) is 0 Å². The lowest BCUT2D eigenvalue weighted by atomic mass is 9.35. The maximum absolute atomic E-state index is 11.8. The van der Waals surface area contributed by atoms with E-state index in [9.17, 15) is 29.7 Å². The van der Waals surface area contributed by atoms with E-state index < -0.39 is 34.2 Å². The molecule has 116 valence electrons. The number of aliphatic carboxylic acids is 3. The molecule has 2 atom stereocenters. The van der Waals surface area contributed by atoms with Gasteiger partial charge in [0.15, 0.2) is 0 Å². The largest absolute Gasteiger partial charge is 0.481 e. The molecule has 0 aliphatic heterocycles. The second-order valence-electron chi connectivity index (χ2n) is 8.11. The van der Waals surface area contributed by atoms with Crippen molar-refractivity contribution in [2.75, 3.05) is 0 Å². The fourth-order valence-corrected chi connectivity index (χ4v) is 6.33. The van der Waals surface area contributed by atoms with Crippen LogP contribution in [-0.4, -0.2) is 33.2 Å². The Morgan fingerprint density at radius 1 is 0.810 bits per heavy atom. The van der Waals surface area contributed by atoms with Gasteiger partial charge in [0.25, 0.3) is 0 Å². The molecule has 6 heteroatoms. The van der Waals surface area contributed by atoms with Gasteiger partial charge in [0.2, 0.25) is 0 Å². The third kappa shape index (κ3) is 1.88. The van der Waals surface area contributed by atoms with E-state index in [0.29, 0.717) is 32.1 Å². The van der Waals surface area contributed by atoms with Gasteiger partial charge in [-0.2, -0.15) is 0 Å². The number of hydrogen-bond donors (Lipinski definition) is 3. The Hall–Kier alpha value is -1.59. The summed E-state index contributed by atoms with van der Waals surface area (Å²) >= 11 is 0. The highest BCUT2D eigenvalue weighted by atomic mass is 16.4.